The van der Waals surface area contributed by atoms with Crippen LogP contribution in [0.4, 0.5) is 0 Å². The Kier molecular flexibility index (Phi) is 16.6. The molecule has 0 unspecified atom stereocenters. The SMILES string of the molecule is CCCCc1ccc(-c2ccc(C(=O)N[C@@H](CCCCN)C(=O)N(C)[C@@H]3C(=O)N[C@@H](C)C(=O)N[C@H](C(=O)N[C@@H](C)B4O[C@@H]5C[C@@H]6C[C@@H](C6(C)C)[C@]5(C)O4)CCCCc4cc3ccc4OC)cc2)cc1. The van der Waals surface area contributed by atoms with Crippen LogP contribution in [0.5, 0.6) is 5.75 Å². The maximum absolute atomic E-state index is 14.7. The molecule has 2 heterocycles. The Morgan fingerprint density at radius 1 is 0.928 bits per heavy atom. The average molecular weight is 947 g/mol. The van der Waals surface area contributed by atoms with E-state index in [-0.39, 0.29) is 23.8 Å². The van der Waals surface area contributed by atoms with Crippen LogP contribution in [0.25, 0.3) is 11.1 Å². The second-order valence-electron chi connectivity index (χ2n) is 20.8. The molecule has 2 aliphatic heterocycles. The fraction of sp³-hybridized carbons (Fsp3) is 0.574. The van der Waals surface area contributed by atoms with E-state index >= 15 is 0 Å². The van der Waals surface area contributed by atoms with Gasteiger partial charge >= 0.3 is 7.12 Å². The van der Waals surface area contributed by atoms with E-state index in [1.165, 1.54) is 17.5 Å². The zero-order valence-electron chi connectivity index (χ0n) is 42.0. The Morgan fingerprint density at radius 2 is 1.64 bits per heavy atom. The summed E-state index contributed by atoms with van der Waals surface area (Å²) in [7, 11) is 2.49. The van der Waals surface area contributed by atoms with Gasteiger partial charge in [-0.05, 0) is 161 Å². The topological polar surface area (TPSA) is 190 Å². The van der Waals surface area contributed by atoms with Crippen molar-refractivity contribution in [1.82, 2.24) is 26.2 Å². The number of nitrogens with two attached hydrogens (primary N) is 1. The van der Waals surface area contributed by atoms with Gasteiger partial charge in [-0.25, -0.2) is 0 Å². The number of likely N-dealkylation sites (N-methyl/N-ethyl adjacent to an activating group) is 1. The minimum atomic E-state index is -1.20. The lowest BCUT2D eigenvalue weighted by molar-refractivity contribution is -0.199. The van der Waals surface area contributed by atoms with Crippen LogP contribution in [0.15, 0.2) is 66.7 Å². The lowest BCUT2D eigenvalue weighted by atomic mass is 9.43. The highest BCUT2D eigenvalue weighted by Crippen LogP contribution is 2.65. The zero-order chi connectivity index (χ0) is 49.6. The molecule has 4 fully saturated rings. The summed E-state index contributed by atoms with van der Waals surface area (Å²) in [4.78, 5) is 72.5. The Hall–Kier alpha value is -5.25. The molecule has 0 aromatic heterocycles. The van der Waals surface area contributed by atoms with Gasteiger partial charge in [0.15, 0.2) is 0 Å². The third-order valence-corrected chi connectivity index (χ3v) is 15.7. The Balaban J connectivity index is 1.06. The summed E-state index contributed by atoms with van der Waals surface area (Å²) >= 11 is 0. The summed E-state index contributed by atoms with van der Waals surface area (Å²) in [6.45, 7) is 12.8. The molecule has 3 saturated carbocycles. The molecule has 5 aliphatic rings. The smallest absolute Gasteiger partial charge is 0.481 e. The van der Waals surface area contributed by atoms with Crippen molar-refractivity contribution < 1.29 is 38.0 Å². The summed E-state index contributed by atoms with van der Waals surface area (Å²) in [5, 5.41) is 11.8. The van der Waals surface area contributed by atoms with E-state index in [2.05, 4.69) is 73.2 Å². The lowest BCUT2D eigenvalue weighted by Crippen LogP contribution is -2.65. The molecule has 8 rings (SSSR count). The first-order valence-corrected chi connectivity index (χ1v) is 25.4. The Morgan fingerprint density at radius 3 is 2.30 bits per heavy atom. The third-order valence-electron chi connectivity index (χ3n) is 15.7. The Labute approximate surface area is 409 Å². The van der Waals surface area contributed by atoms with Crippen LogP contribution < -0.4 is 31.7 Å². The highest BCUT2D eigenvalue weighted by Gasteiger charge is 2.68. The largest absolute Gasteiger partial charge is 0.496 e. The van der Waals surface area contributed by atoms with Crippen molar-refractivity contribution in [3.05, 3.63) is 89.0 Å². The van der Waals surface area contributed by atoms with Gasteiger partial charge in [0.2, 0.25) is 23.6 Å². The van der Waals surface area contributed by atoms with Crippen molar-refractivity contribution in [2.45, 2.75) is 160 Å². The number of nitrogens with zero attached hydrogens (tertiary/aromatic N) is 1. The molecule has 69 heavy (non-hydrogen) atoms. The fourth-order valence-electron chi connectivity index (χ4n) is 11.2. The normalized spacial score (nSPS) is 26.2. The minimum Gasteiger partial charge on any atom is -0.496 e. The van der Waals surface area contributed by atoms with E-state index in [1.54, 1.807) is 38.3 Å². The van der Waals surface area contributed by atoms with Gasteiger partial charge in [0.1, 0.15) is 29.9 Å². The predicted molar refractivity (Wildman–Crippen MR) is 268 cm³/mol. The van der Waals surface area contributed by atoms with E-state index in [4.69, 9.17) is 19.8 Å². The van der Waals surface area contributed by atoms with Gasteiger partial charge in [0.05, 0.1) is 24.8 Å². The summed E-state index contributed by atoms with van der Waals surface area (Å²) < 4.78 is 18.8. The number of fused-ring (bicyclic) bond motifs is 2. The molecule has 5 amide bonds. The molecular weight excluding hydrogens is 871 g/mol. The van der Waals surface area contributed by atoms with E-state index in [9.17, 15) is 24.0 Å². The summed E-state index contributed by atoms with van der Waals surface area (Å²) in [5.74, 6) is -1.34. The quantitative estimate of drug-likeness (QED) is 0.0777. The van der Waals surface area contributed by atoms with Crippen LogP contribution in [0.2, 0.25) is 0 Å². The predicted octanol–water partition coefficient (Wildman–Crippen LogP) is 6.62. The highest BCUT2D eigenvalue weighted by molar-refractivity contribution is 6.47. The van der Waals surface area contributed by atoms with Gasteiger partial charge in [0.25, 0.3) is 5.91 Å². The standard InChI is InChI=1S/C54H75BN6O8/c1-9-10-15-35-19-21-36(22-20-35)37-23-25-38(26-24-37)49(63)60-43(18-13-14-29-56)52(66)61(7)47-40-27-28-44(67-8)39(30-40)16-11-12-17-42(59-48(62)33(2)57-51(47)65)50(64)58-34(3)55-68-46-32-41-31-45(53(41,4)5)54(46,6)69-55/h19-28,30,33-34,41-43,45-47H,9-18,29,31-32,56H2,1-8H3,(H,57,65)(H,58,64)(H,59,62)(H,60,63)/t33-,34-,41-,42-,43-,45-,46+,47-,54-/m0/s1. The monoisotopic (exact) mass is 947 g/mol. The second kappa shape index (κ2) is 22.2. The van der Waals surface area contributed by atoms with Crippen LogP contribution in [-0.4, -0.2) is 98.0 Å². The first kappa shape index (κ1) is 51.6. The van der Waals surface area contributed by atoms with E-state index in [0.717, 1.165) is 48.8 Å². The third kappa shape index (κ3) is 11.4. The zero-order valence-corrected chi connectivity index (χ0v) is 42.0. The maximum Gasteiger partial charge on any atom is 0.481 e. The van der Waals surface area contributed by atoms with E-state index in [1.807, 2.05) is 25.1 Å². The van der Waals surface area contributed by atoms with Crippen LogP contribution in [0.3, 0.4) is 0 Å². The minimum absolute atomic E-state index is 0.0425. The van der Waals surface area contributed by atoms with Gasteiger partial charge in [-0.3, -0.25) is 24.0 Å². The average Bonchev–Trinajstić information content (AvgIpc) is 3.71. The molecule has 3 aromatic carbocycles. The lowest BCUT2D eigenvalue weighted by Gasteiger charge is -2.64. The maximum atomic E-state index is 14.7. The molecule has 372 valence electrons. The summed E-state index contributed by atoms with van der Waals surface area (Å²) in [6, 6.07) is 17.0. The van der Waals surface area contributed by atoms with Crippen molar-refractivity contribution in [2.24, 2.45) is 23.0 Å². The molecule has 0 spiro atoms. The summed E-state index contributed by atoms with van der Waals surface area (Å²) in [6.07, 6.45) is 8.92. The fourth-order valence-corrected chi connectivity index (χ4v) is 11.2. The van der Waals surface area contributed by atoms with Crippen LogP contribution in [-0.2, 0) is 41.3 Å². The molecule has 1 saturated heterocycles. The number of unbranched alkanes of at least 4 members (excludes halogenated alkanes) is 2. The first-order chi connectivity index (χ1) is 33.0. The molecule has 15 heteroatoms. The molecule has 9 atom stereocenters. The molecule has 3 aromatic rings. The van der Waals surface area contributed by atoms with Gasteiger partial charge in [-0.2, -0.15) is 0 Å². The molecule has 4 bridgehead atoms. The molecule has 6 N–H and O–H groups in total. The van der Waals surface area contributed by atoms with E-state index < -0.39 is 66.5 Å². The molecular formula is C54H75BN6O8. The summed E-state index contributed by atoms with van der Waals surface area (Å²) in [5.41, 5.74) is 10.6. The van der Waals surface area contributed by atoms with Crippen molar-refractivity contribution in [1.29, 1.82) is 0 Å². The number of hydrogen-bond acceptors (Lipinski definition) is 9. The van der Waals surface area contributed by atoms with Crippen molar-refractivity contribution in [3.8, 4) is 16.9 Å². The van der Waals surface area contributed by atoms with Crippen molar-refractivity contribution >= 4 is 36.7 Å². The first-order valence-electron chi connectivity index (χ1n) is 25.4. The molecule has 3 aliphatic carbocycles. The highest BCUT2D eigenvalue weighted by atomic mass is 16.7. The van der Waals surface area contributed by atoms with Gasteiger partial charge in [-0.1, -0.05) is 76.1 Å². The van der Waals surface area contributed by atoms with E-state index in [0.29, 0.717) is 73.8 Å². The number of benzene rings is 3. The number of methoxy groups -OCH3 is 1. The van der Waals surface area contributed by atoms with Crippen LogP contribution >= 0.6 is 0 Å². The number of rotatable bonds is 16. The molecule has 0 radical (unpaired) electrons. The van der Waals surface area contributed by atoms with Gasteiger partial charge < -0.3 is 45.9 Å². The number of aryl methyl sites for hydroxylation is 2. The number of carbonyl (C=O) groups excluding carboxylic acids is 5. The van der Waals surface area contributed by atoms with Gasteiger partial charge in [0, 0.05) is 12.6 Å². The van der Waals surface area contributed by atoms with Crippen LogP contribution in [0.1, 0.15) is 139 Å². The van der Waals surface area contributed by atoms with Crippen molar-refractivity contribution in [3.63, 3.8) is 0 Å². The van der Waals surface area contributed by atoms with Gasteiger partial charge in [-0.15, -0.1) is 0 Å². The van der Waals surface area contributed by atoms with Crippen LogP contribution in [0, 0.1) is 17.3 Å². The number of carbonyl (C=O) groups is 5. The number of amides is 5. The second-order valence-corrected chi connectivity index (χ2v) is 20.8. The number of nitrogens with one attached hydrogen (secondary N) is 4. The molecule has 14 nitrogen and oxygen atoms in total. The number of ether oxygens (including phenoxy) is 1. The Bertz CT molecular complexity index is 2310. The van der Waals surface area contributed by atoms with Crippen molar-refractivity contribution in [2.75, 3.05) is 20.7 Å². The number of hydrogen-bond donors (Lipinski definition) is 5.